The predicted octanol–water partition coefficient (Wildman–Crippen LogP) is 3.98. The Morgan fingerprint density at radius 3 is 2.60 bits per heavy atom. The number of methoxy groups -OCH3 is 1. The number of rotatable bonds is 4. The number of nitrogens with zero attached hydrogens (tertiary/aromatic N) is 2. The molecule has 25 heavy (non-hydrogen) atoms. The van der Waals surface area contributed by atoms with Gasteiger partial charge in [0.15, 0.2) is 6.10 Å². The minimum Gasteiger partial charge on any atom is -0.497 e. The van der Waals surface area contributed by atoms with Gasteiger partial charge in [-0.05, 0) is 31.2 Å². The zero-order valence-corrected chi connectivity index (χ0v) is 13.9. The van der Waals surface area contributed by atoms with Crippen molar-refractivity contribution >= 4 is 16.9 Å². The van der Waals surface area contributed by atoms with Crippen molar-refractivity contribution in [1.29, 1.82) is 5.26 Å². The molecular formula is C20H16N2O3. The highest BCUT2D eigenvalue weighted by Gasteiger charge is 2.18. The van der Waals surface area contributed by atoms with Crippen LogP contribution in [0.1, 0.15) is 17.3 Å². The van der Waals surface area contributed by atoms with Crippen LogP contribution in [0.15, 0.2) is 54.6 Å². The Labute approximate surface area is 145 Å². The van der Waals surface area contributed by atoms with Crippen molar-refractivity contribution < 1.29 is 14.3 Å². The highest BCUT2D eigenvalue weighted by molar-refractivity contribution is 6.05. The fourth-order valence-corrected chi connectivity index (χ4v) is 2.51. The van der Waals surface area contributed by atoms with Gasteiger partial charge in [-0.25, -0.2) is 9.78 Å². The number of hydrogen-bond acceptors (Lipinski definition) is 5. The van der Waals surface area contributed by atoms with Crippen LogP contribution in [0.5, 0.6) is 5.75 Å². The maximum Gasteiger partial charge on any atom is 0.340 e. The lowest BCUT2D eigenvalue weighted by Gasteiger charge is -2.12. The third kappa shape index (κ3) is 3.43. The molecule has 0 N–H and O–H groups in total. The highest BCUT2D eigenvalue weighted by atomic mass is 16.5. The minimum atomic E-state index is -0.832. The van der Waals surface area contributed by atoms with E-state index in [1.807, 2.05) is 36.4 Å². The van der Waals surface area contributed by atoms with Gasteiger partial charge in [0.05, 0.1) is 23.9 Å². The van der Waals surface area contributed by atoms with Crippen LogP contribution >= 0.6 is 0 Å². The Kier molecular flexibility index (Phi) is 4.62. The van der Waals surface area contributed by atoms with Crippen molar-refractivity contribution in [2.24, 2.45) is 0 Å². The molecule has 0 aliphatic carbocycles. The fourth-order valence-electron chi connectivity index (χ4n) is 2.51. The van der Waals surface area contributed by atoms with Gasteiger partial charge in [-0.15, -0.1) is 0 Å². The van der Waals surface area contributed by atoms with Gasteiger partial charge in [-0.2, -0.15) is 5.26 Å². The van der Waals surface area contributed by atoms with Crippen molar-refractivity contribution in [3.8, 4) is 23.1 Å². The maximum absolute atomic E-state index is 12.6. The summed E-state index contributed by atoms with van der Waals surface area (Å²) in [5.74, 6) is 0.0519. The molecule has 2 aromatic carbocycles. The summed E-state index contributed by atoms with van der Waals surface area (Å²) in [6.07, 6.45) is -0.832. The zero-order chi connectivity index (χ0) is 17.8. The third-order valence-electron chi connectivity index (χ3n) is 3.77. The first-order chi connectivity index (χ1) is 12.1. The molecule has 5 heteroatoms. The number of benzene rings is 2. The molecule has 0 fully saturated rings. The van der Waals surface area contributed by atoms with Crippen molar-refractivity contribution in [3.63, 3.8) is 0 Å². The summed E-state index contributed by atoms with van der Waals surface area (Å²) in [6, 6.07) is 18.5. The van der Waals surface area contributed by atoms with E-state index in [1.54, 1.807) is 31.4 Å². The molecule has 3 rings (SSSR count). The molecule has 0 unspecified atom stereocenters. The average Bonchev–Trinajstić information content (AvgIpc) is 2.67. The zero-order valence-electron chi connectivity index (χ0n) is 13.9. The Balaban J connectivity index is 2.19. The van der Waals surface area contributed by atoms with E-state index in [2.05, 4.69) is 4.98 Å². The molecule has 0 aliphatic heterocycles. The molecule has 0 saturated carbocycles. The average molecular weight is 332 g/mol. The van der Waals surface area contributed by atoms with Crippen molar-refractivity contribution in [3.05, 3.63) is 60.2 Å². The van der Waals surface area contributed by atoms with E-state index in [1.165, 1.54) is 6.92 Å². The van der Waals surface area contributed by atoms with Crippen LogP contribution in [0, 0.1) is 11.3 Å². The molecule has 5 nitrogen and oxygen atoms in total. The third-order valence-corrected chi connectivity index (χ3v) is 3.77. The number of esters is 1. The van der Waals surface area contributed by atoms with Crippen LogP contribution < -0.4 is 4.74 Å². The first-order valence-corrected chi connectivity index (χ1v) is 7.77. The molecule has 0 bridgehead atoms. The molecule has 0 saturated heterocycles. The first kappa shape index (κ1) is 16.5. The van der Waals surface area contributed by atoms with Crippen LogP contribution in [0.3, 0.4) is 0 Å². The molecule has 1 heterocycles. The predicted molar refractivity (Wildman–Crippen MR) is 94.2 cm³/mol. The lowest BCUT2D eigenvalue weighted by molar-refractivity contribution is 0.0438. The fraction of sp³-hybridized carbons (Fsp3) is 0.150. The van der Waals surface area contributed by atoms with Crippen molar-refractivity contribution in [2.45, 2.75) is 13.0 Å². The second-order valence-corrected chi connectivity index (χ2v) is 5.48. The Morgan fingerprint density at radius 1 is 1.16 bits per heavy atom. The Hall–Kier alpha value is -3.39. The van der Waals surface area contributed by atoms with E-state index in [-0.39, 0.29) is 0 Å². The molecule has 124 valence electrons. The molecule has 0 amide bonds. The summed E-state index contributed by atoms with van der Waals surface area (Å²) in [6.45, 7) is 1.53. The second kappa shape index (κ2) is 7.02. The Bertz CT molecular complexity index is 962. The SMILES string of the molecule is COc1ccc2nc(-c3ccccc3)cc(C(=O)O[C@H](C)C#N)c2c1. The second-order valence-electron chi connectivity index (χ2n) is 5.48. The van der Waals surface area contributed by atoms with Gasteiger partial charge >= 0.3 is 5.97 Å². The summed E-state index contributed by atoms with van der Waals surface area (Å²) >= 11 is 0. The topological polar surface area (TPSA) is 72.2 Å². The summed E-state index contributed by atoms with van der Waals surface area (Å²) in [7, 11) is 1.56. The van der Waals surface area contributed by atoms with E-state index in [9.17, 15) is 4.79 Å². The van der Waals surface area contributed by atoms with Gasteiger partial charge in [0.25, 0.3) is 0 Å². The van der Waals surface area contributed by atoms with Crippen LogP contribution in [-0.4, -0.2) is 24.2 Å². The number of pyridine rings is 1. The number of ether oxygens (including phenoxy) is 2. The first-order valence-electron chi connectivity index (χ1n) is 7.77. The van der Waals surface area contributed by atoms with Gasteiger partial charge in [-0.3, -0.25) is 0 Å². The summed E-state index contributed by atoms with van der Waals surface area (Å²) < 4.78 is 10.4. The van der Waals surface area contributed by atoms with Gasteiger partial charge < -0.3 is 9.47 Å². The minimum absolute atomic E-state index is 0.352. The van der Waals surface area contributed by atoms with E-state index in [4.69, 9.17) is 14.7 Å². The highest BCUT2D eigenvalue weighted by Crippen LogP contribution is 2.28. The summed E-state index contributed by atoms with van der Waals surface area (Å²) in [4.78, 5) is 17.2. The summed E-state index contributed by atoms with van der Waals surface area (Å²) in [5, 5.41) is 9.52. The number of nitriles is 1. The number of hydrogen-bond donors (Lipinski definition) is 0. The van der Waals surface area contributed by atoms with Gasteiger partial charge in [0.2, 0.25) is 0 Å². The van der Waals surface area contributed by atoms with E-state index >= 15 is 0 Å². The molecular weight excluding hydrogens is 316 g/mol. The molecule has 1 aromatic heterocycles. The van der Waals surface area contributed by atoms with Crippen LogP contribution in [-0.2, 0) is 4.74 Å². The van der Waals surface area contributed by atoms with Crippen molar-refractivity contribution in [2.75, 3.05) is 7.11 Å². The maximum atomic E-state index is 12.6. The van der Waals surface area contributed by atoms with Crippen LogP contribution in [0.2, 0.25) is 0 Å². The van der Waals surface area contributed by atoms with E-state index in [0.29, 0.717) is 27.9 Å². The standard InChI is InChI=1S/C20H16N2O3/c1-13(12-21)25-20(23)17-11-19(14-6-4-3-5-7-14)22-18-9-8-15(24-2)10-16(17)18/h3-11,13H,1-2H3/t13-/m1/s1. The molecule has 0 spiro atoms. The molecule has 1 atom stereocenters. The number of carbonyl (C=O) groups is 1. The normalized spacial score (nSPS) is 11.6. The van der Waals surface area contributed by atoms with E-state index < -0.39 is 12.1 Å². The molecule has 3 aromatic rings. The number of aromatic nitrogens is 1. The van der Waals surface area contributed by atoms with Crippen LogP contribution in [0.4, 0.5) is 0 Å². The monoisotopic (exact) mass is 332 g/mol. The lowest BCUT2D eigenvalue weighted by atomic mass is 10.0. The summed E-state index contributed by atoms with van der Waals surface area (Å²) in [5.41, 5.74) is 2.56. The Morgan fingerprint density at radius 2 is 1.92 bits per heavy atom. The smallest absolute Gasteiger partial charge is 0.340 e. The van der Waals surface area contributed by atoms with Crippen LogP contribution in [0.25, 0.3) is 22.2 Å². The number of fused-ring (bicyclic) bond motifs is 1. The largest absolute Gasteiger partial charge is 0.497 e. The van der Waals surface area contributed by atoms with E-state index in [0.717, 1.165) is 5.56 Å². The number of carbonyl (C=O) groups excluding carboxylic acids is 1. The van der Waals surface area contributed by atoms with Crippen molar-refractivity contribution in [1.82, 2.24) is 4.98 Å². The molecule has 0 aliphatic rings. The van der Waals surface area contributed by atoms with Gasteiger partial charge in [0.1, 0.15) is 11.8 Å². The quantitative estimate of drug-likeness (QED) is 0.676. The van der Waals surface area contributed by atoms with Gasteiger partial charge in [0, 0.05) is 10.9 Å². The lowest BCUT2D eigenvalue weighted by Crippen LogP contribution is -2.14. The van der Waals surface area contributed by atoms with Gasteiger partial charge in [-0.1, -0.05) is 30.3 Å². The molecule has 0 radical (unpaired) electrons.